The minimum atomic E-state index is -0.349. The second-order valence-corrected chi connectivity index (χ2v) is 3.91. The smallest absolute Gasteiger partial charge is 0.148 e. The molecule has 94 valence electrons. The molecule has 0 heterocycles. The first-order valence-electron chi connectivity index (χ1n) is 5.61. The third-order valence-corrected chi connectivity index (χ3v) is 2.65. The van der Waals surface area contributed by atoms with Gasteiger partial charge in [0.05, 0.1) is 18.5 Å². The number of hydrogen-bond acceptors (Lipinski definition) is 3. The van der Waals surface area contributed by atoms with Crippen LogP contribution in [-0.2, 0) is 6.54 Å². The SMILES string of the molecule is COc1cccc(CNc2c(N)cccc2F)c1. The molecule has 0 atom stereocenters. The van der Waals surface area contributed by atoms with Gasteiger partial charge in [-0.1, -0.05) is 18.2 Å². The van der Waals surface area contributed by atoms with Gasteiger partial charge in [-0.15, -0.1) is 0 Å². The molecule has 2 rings (SSSR count). The Hall–Kier alpha value is -2.23. The first-order chi connectivity index (χ1) is 8.70. The van der Waals surface area contributed by atoms with Crippen LogP contribution in [0.1, 0.15) is 5.56 Å². The lowest BCUT2D eigenvalue weighted by Gasteiger charge is -2.10. The fourth-order valence-corrected chi connectivity index (χ4v) is 1.70. The quantitative estimate of drug-likeness (QED) is 0.815. The van der Waals surface area contributed by atoms with Crippen molar-refractivity contribution in [3.05, 3.63) is 53.8 Å². The maximum absolute atomic E-state index is 13.5. The molecule has 0 unspecified atom stereocenters. The highest BCUT2D eigenvalue weighted by atomic mass is 19.1. The van der Waals surface area contributed by atoms with Gasteiger partial charge in [0.15, 0.2) is 0 Å². The molecule has 2 aromatic rings. The molecule has 0 aromatic heterocycles. The van der Waals surface area contributed by atoms with E-state index < -0.39 is 0 Å². The number of nitrogen functional groups attached to an aromatic ring is 1. The number of methoxy groups -OCH3 is 1. The number of benzene rings is 2. The Labute approximate surface area is 105 Å². The molecule has 4 heteroatoms. The third kappa shape index (κ3) is 2.71. The largest absolute Gasteiger partial charge is 0.497 e. The van der Waals surface area contributed by atoms with Gasteiger partial charge < -0.3 is 15.8 Å². The third-order valence-electron chi connectivity index (χ3n) is 2.65. The Bertz CT molecular complexity index is 523. The van der Waals surface area contributed by atoms with Crippen molar-refractivity contribution in [2.24, 2.45) is 0 Å². The molecular formula is C14H15FN2O. The van der Waals surface area contributed by atoms with Gasteiger partial charge in [0, 0.05) is 6.54 Å². The molecule has 0 spiro atoms. The van der Waals surface area contributed by atoms with Crippen molar-refractivity contribution in [3.8, 4) is 5.75 Å². The van der Waals surface area contributed by atoms with Crippen LogP contribution in [0.2, 0.25) is 0 Å². The van der Waals surface area contributed by atoms with Gasteiger partial charge >= 0.3 is 0 Å². The molecule has 0 fully saturated rings. The molecule has 2 aromatic carbocycles. The zero-order chi connectivity index (χ0) is 13.0. The summed E-state index contributed by atoms with van der Waals surface area (Å²) in [5.74, 6) is 0.425. The van der Waals surface area contributed by atoms with Crippen LogP contribution in [0.5, 0.6) is 5.75 Å². The van der Waals surface area contributed by atoms with Crippen LogP contribution in [0.25, 0.3) is 0 Å². The van der Waals surface area contributed by atoms with Gasteiger partial charge in [0.2, 0.25) is 0 Å². The van der Waals surface area contributed by atoms with Crippen molar-refractivity contribution >= 4 is 11.4 Å². The number of para-hydroxylation sites is 1. The highest BCUT2D eigenvalue weighted by Crippen LogP contribution is 2.23. The molecule has 0 aliphatic carbocycles. The molecular weight excluding hydrogens is 231 g/mol. The van der Waals surface area contributed by atoms with Crippen molar-refractivity contribution in [2.75, 3.05) is 18.2 Å². The van der Waals surface area contributed by atoms with Crippen molar-refractivity contribution in [3.63, 3.8) is 0 Å². The molecule has 0 saturated carbocycles. The topological polar surface area (TPSA) is 47.3 Å². The number of halogens is 1. The fourth-order valence-electron chi connectivity index (χ4n) is 1.70. The number of ether oxygens (including phenoxy) is 1. The second-order valence-electron chi connectivity index (χ2n) is 3.91. The molecule has 0 aliphatic rings. The maximum Gasteiger partial charge on any atom is 0.148 e. The van der Waals surface area contributed by atoms with Crippen LogP contribution >= 0.6 is 0 Å². The predicted octanol–water partition coefficient (Wildman–Crippen LogP) is 3.03. The first kappa shape index (κ1) is 12.2. The lowest BCUT2D eigenvalue weighted by Crippen LogP contribution is -2.04. The Morgan fingerprint density at radius 2 is 2.00 bits per heavy atom. The van der Waals surface area contributed by atoms with Gasteiger partial charge in [-0.2, -0.15) is 0 Å². The van der Waals surface area contributed by atoms with Gasteiger partial charge in [0.1, 0.15) is 11.6 Å². The number of rotatable bonds is 4. The number of hydrogen-bond donors (Lipinski definition) is 2. The average molecular weight is 246 g/mol. The zero-order valence-electron chi connectivity index (χ0n) is 10.1. The highest BCUT2D eigenvalue weighted by molar-refractivity contribution is 5.66. The normalized spacial score (nSPS) is 10.1. The number of nitrogens with one attached hydrogen (secondary N) is 1. The predicted molar refractivity (Wildman–Crippen MR) is 71.1 cm³/mol. The highest BCUT2D eigenvalue weighted by Gasteiger charge is 2.05. The van der Waals surface area contributed by atoms with Crippen LogP contribution in [-0.4, -0.2) is 7.11 Å². The zero-order valence-corrected chi connectivity index (χ0v) is 10.1. The molecule has 3 N–H and O–H groups in total. The summed E-state index contributed by atoms with van der Waals surface area (Å²) in [7, 11) is 1.61. The van der Waals surface area contributed by atoms with Gasteiger partial charge in [-0.3, -0.25) is 0 Å². The number of anilines is 2. The summed E-state index contributed by atoms with van der Waals surface area (Å²) in [4.78, 5) is 0. The van der Waals surface area contributed by atoms with E-state index in [0.29, 0.717) is 17.9 Å². The standard InChI is InChI=1S/C14H15FN2O/c1-18-11-5-2-4-10(8-11)9-17-14-12(15)6-3-7-13(14)16/h2-8,17H,9,16H2,1H3. The summed E-state index contributed by atoms with van der Waals surface area (Å²) in [6.07, 6.45) is 0. The van der Waals surface area contributed by atoms with Crippen LogP contribution < -0.4 is 15.8 Å². The van der Waals surface area contributed by atoms with Crippen LogP contribution in [0.3, 0.4) is 0 Å². The van der Waals surface area contributed by atoms with Gasteiger partial charge in [-0.05, 0) is 29.8 Å². The minimum Gasteiger partial charge on any atom is -0.497 e. The van der Waals surface area contributed by atoms with E-state index in [9.17, 15) is 4.39 Å². The molecule has 0 bridgehead atoms. The summed E-state index contributed by atoms with van der Waals surface area (Å²) in [6.45, 7) is 0.488. The molecule has 0 radical (unpaired) electrons. The summed E-state index contributed by atoms with van der Waals surface area (Å²) >= 11 is 0. The van der Waals surface area contributed by atoms with E-state index in [0.717, 1.165) is 11.3 Å². The monoisotopic (exact) mass is 246 g/mol. The van der Waals surface area contributed by atoms with Crippen molar-refractivity contribution in [1.82, 2.24) is 0 Å². The van der Waals surface area contributed by atoms with Crippen LogP contribution in [0.4, 0.5) is 15.8 Å². The Morgan fingerprint density at radius 1 is 1.22 bits per heavy atom. The van der Waals surface area contributed by atoms with E-state index in [2.05, 4.69) is 5.32 Å². The summed E-state index contributed by atoms with van der Waals surface area (Å²) in [5.41, 5.74) is 7.45. The van der Waals surface area contributed by atoms with E-state index in [1.807, 2.05) is 24.3 Å². The lowest BCUT2D eigenvalue weighted by molar-refractivity contribution is 0.414. The Kier molecular flexibility index (Phi) is 3.67. The molecule has 3 nitrogen and oxygen atoms in total. The van der Waals surface area contributed by atoms with E-state index in [-0.39, 0.29) is 5.82 Å². The Morgan fingerprint density at radius 3 is 2.72 bits per heavy atom. The summed E-state index contributed by atoms with van der Waals surface area (Å²) in [6, 6.07) is 12.2. The van der Waals surface area contributed by atoms with E-state index >= 15 is 0 Å². The van der Waals surface area contributed by atoms with Crippen LogP contribution in [0, 0.1) is 5.82 Å². The number of nitrogens with two attached hydrogens (primary N) is 1. The van der Waals surface area contributed by atoms with Gasteiger partial charge in [-0.25, -0.2) is 4.39 Å². The Balaban J connectivity index is 2.11. The molecule has 0 aliphatic heterocycles. The van der Waals surface area contributed by atoms with Crippen molar-refractivity contribution in [2.45, 2.75) is 6.54 Å². The van der Waals surface area contributed by atoms with Gasteiger partial charge in [0.25, 0.3) is 0 Å². The fraction of sp³-hybridized carbons (Fsp3) is 0.143. The first-order valence-corrected chi connectivity index (χ1v) is 5.61. The summed E-state index contributed by atoms with van der Waals surface area (Å²) in [5, 5.41) is 2.99. The molecule has 0 saturated heterocycles. The molecule has 0 amide bonds. The molecule has 18 heavy (non-hydrogen) atoms. The van der Waals surface area contributed by atoms with Crippen molar-refractivity contribution in [1.29, 1.82) is 0 Å². The maximum atomic E-state index is 13.5. The van der Waals surface area contributed by atoms with E-state index in [1.165, 1.54) is 6.07 Å². The average Bonchev–Trinajstić information content (AvgIpc) is 2.38. The second kappa shape index (κ2) is 5.40. The van der Waals surface area contributed by atoms with Crippen LogP contribution in [0.15, 0.2) is 42.5 Å². The van der Waals surface area contributed by atoms with E-state index in [4.69, 9.17) is 10.5 Å². The summed E-state index contributed by atoms with van der Waals surface area (Å²) < 4.78 is 18.7. The lowest BCUT2D eigenvalue weighted by atomic mass is 10.2. The van der Waals surface area contributed by atoms with Crippen molar-refractivity contribution < 1.29 is 9.13 Å². The van der Waals surface area contributed by atoms with E-state index in [1.54, 1.807) is 19.2 Å². The minimum absolute atomic E-state index is 0.334.